The van der Waals surface area contributed by atoms with Crippen LogP contribution >= 0.6 is 0 Å². The van der Waals surface area contributed by atoms with Crippen molar-refractivity contribution in [1.29, 1.82) is 0 Å². The summed E-state index contributed by atoms with van der Waals surface area (Å²) in [6.07, 6.45) is 2.89. The summed E-state index contributed by atoms with van der Waals surface area (Å²) in [6, 6.07) is 16.3. The van der Waals surface area contributed by atoms with E-state index in [0.29, 0.717) is 36.5 Å². The van der Waals surface area contributed by atoms with Crippen LogP contribution in [0.4, 0.5) is 28.8 Å². The van der Waals surface area contributed by atoms with Crippen molar-refractivity contribution in [3.63, 3.8) is 0 Å². The number of carbonyl (C=O) groups is 5. The summed E-state index contributed by atoms with van der Waals surface area (Å²) in [5.41, 5.74) is 8.39. The Hall–Kier alpha value is -6.68. The molecule has 1 unspecified atom stereocenters. The van der Waals surface area contributed by atoms with E-state index in [4.69, 9.17) is 10.1 Å². The van der Waals surface area contributed by atoms with Crippen molar-refractivity contribution in [3.8, 4) is 0 Å². The van der Waals surface area contributed by atoms with Crippen LogP contribution in [-0.4, -0.2) is 103 Å². The second-order valence-electron chi connectivity index (χ2n) is 15.6. The summed E-state index contributed by atoms with van der Waals surface area (Å²) in [4.78, 5) is 77.8. The highest BCUT2D eigenvalue weighted by molar-refractivity contribution is 6.23. The third kappa shape index (κ3) is 6.89. The van der Waals surface area contributed by atoms with Crippen molar-refractivity contribution in [1.82, 2.24) is 39.8 Å². The Morgan fingerprint density at radius 2 is 1.67 bits per heavy atom. The summed E-state index contributed by atoms with van der Waals surface area (Å²) in [5.74, 6) is -0.718. The molecule has 16 nitrogen and oxygen atoms in total. The second-order valence-corrected chi connectivity index (χ2v) is 15.6. The lowest BCUT2D eigenvalue weighted by Gasteiger charge is -2.42. The minimum Gasteiger partial charge on any atom is -0.376 e. The molecule has 4 aliphatic heterocycles. The maximum atomic E-state index is 13.2. The predicted molar refractivity (Wildman–Crippen MR) is 216 cm³/mol. The third-order valence-electron chi connectivity index (χ3n) is 11.6. The number of hydrogen-bond donors (Lipinski definition) is 4. The van der Waals surface area contributed by atoms with Crippen LogP contribution in [0.5, 0.6) is 0 Å². The normalized spacial score (nSPS) is 18.2. The first-order valence-corrected chi connectivity index (χ1v) is 19.5. The number of likely N-dealkylation sites (tertiary alicyclic amines) is 1. The predicted octanol–water partition coefficient (Wildman–Crippen LogP) is 3.80. The summed E-state index contributed by atoms with van der Waals surface area (Å²) < 4.78 is 1.76. The van der Waals surface area contributed by atoms with Gasteiger partial charge in [-0.3, -0.25) is 39.1 Å². The average Bonchev–Trinajstić information content (AvgIpc) is 3.63. The molecule has 4 N–H and O–H groups in total. The molecule has 3 aromatic carbocycles. The second kappa shape index (κ2) is 14.7. The number of carbonyl (C=O) groups excluding carboxylic acids is 5. The van der Waals surface area contributed by atoms with Crippen LogP contribution in [0.15, 0.2) is 60.8 Å². The SMILES string of the molecule is Cc1cccc(C)c1Nc1nn(C)c2nc(Nc3ccc4c(c3)CN(CC3CN(C(=O)CNc5ccc6c(c5)C(=O)N(C5CCC(=O)NC5=O)C6=O)C3)CC4)ncc12. The van der Waals surface area contributed by atoms with Crippen molar-refractivity contribution < 1.29 is 24.0 Å². The summed E-state index contributed by atoms with van der Waals surface area (Å²) in [7, 11) is 1.88. The van der Waals surface area contributed by atoms with Gasteiger partial charge in [-0.25, -0.2) is 9.67 Å². The molecule has 58 heavy (non-hydrogen) atoms. The highest BCUT2D eigenvalue weighted by Crippen LogP contribution is 2.32. The molecule has 5 amide bonds. The molecule has 2 fully saturated rings. The summed E-state index contributed by atoms with van der Waals surface area (Å²) >= 11 is 0. The fraction of sp³-hybridized carbons (Fsp3) is 0.333. The highest BCUT2D eigenvalue weighted by Gasteiger charge is 2.44. The summed E-state index contributed by atoms with van der Waals surface area (Å²) in [6.45, 7) is 8.16. The molecule has 0 spiro atoms. The van der Waals surface area contributed by atoms with Gasteiger partial charge in [-0.2, -0.15) is 10.1 Å². The number of aryl methyl sites for hydroxylation is 3. The lowest BCUT2D eigenvalue weighted by Crippen LogP contribution is -2.55. The first-order valence-electron chi connectivity index (χ1n) is 19.5. The van der Waals surface area contributed by atoms with Gasteiger partial charge in [0.05, 0.1) is 23.1 Å². The van der Waals surface area contributed by atoms with Crippen LogP contribution in [0, 0.1) is 19.8 Å². The maximum absolute atomic E-state index is 13.2. The minimum absolute atomic E-state index is 0.0414. The molecule has 6 heterocycles. The Balaban J connectivity index is 0.764. The van der Waals surface area contributed by atoms with Crippen molar-refractivity contribution in [3.05, 3.63) is 94.2 Å². The topological polar surface area (TPSA) is 187 Å². The van der Waals surface area contributed by atoms with Crippen LogP contribution in [0.2, 0.25) is 0 Å². The number of para-hydroxylation sites is 1. The van der Waals surface area contributed by atoms with Gasteiger partial charge in [0.2, 0.25) is 23.7 Å². The van der Waals surface area contributed by atoms with Gasteiger partial charge in [0, 0.05) is 75.4 Å². The number of amides is 5. The van der Waals surface area contributed by atoms with Crippen LogP contribution < -0.4 is 21.3 Å². The van der Waals surface area contributed by atoms with E-state index in [9.17, 15) is 24.0 Å². The van der Waals surface area contributed by atoms with Gasteiger partial charge < -0.3 is 20.9 Å². The van der Waals surface area contributed by atoms with Crippen molar-refractivity contribution in [2.75, 3.05) is 48.7 Å². The molecular weight excluding hydrogens is 739 g/mol. The number of imide groups is 2. The number of piperidine rings is 1. The largest absolute Gasteiger partial charge is 0.376 e. The molecule has 296 valence electrons. The maximum Gasteiger partial charge on any atom is 0.262 e. The lowest BCUT2D eigenvalue weighted by molar-refractivity contribution is -0.137. The Bertz CT molecular complexity index is 2520. The van der Waals surface area contributed by atoms with E-state index in [1.807, 2.05) is 18.0 Å². The zero-order chi connectivity index (χ0) is 40.2. The number of hydrogen-bond acceptors (Lipinski definition) is 12. The summed E-state index contributed by atoms with van der Waals surface area (Å²) in [5, 5.41) is 17.7. The van der Waals surface area contributed by atoms with Gasteiger partial charge in [-0.1, -0.05) is 24.3 Å². The van der Waals surface area contributed by atoms with Gasteiger partial charge in [0.15, 0.2) is 11.5 Å². The van der Waals surface area contributed by atoms with Crippen LogP contribution in [0.1, 0.15) is 55.8 Å². The van der Waals surface area contributed by atoms with Crippen molar-refractivity contribution in [2.45, 2.75) is 45.7 Å². The van der Waals surface area contributed by atoms with Crippen molar-refractivity contribution in [2.24, 2.45) is 13.0 Å². The Kier molecular flexibility index (Phi) is 9.35. The van der Waals surface area contributed by atoms with E-state index in [0.717, 1.165) is 64.5 Å². The van der Waals surface area contributed by atoms with Gasteiger partial charge >= 0.3 is 0 Å². The molecule has 4 aliphatic rings. The number of benzene rings is 3. The van der Waals surface area contributed by atoms with Gasteiger partial charge in [-0.15, -0.1) is 0 Å². The lowest BCUT2D eigenvalue weighted by atomic mass is 9.95. The van der Waals surface area contributed by atoms with Crippen LogP contribution in [-0.2, 0) is 34.4 Å². The molecule has 1 atom stereocenters. The molecule has 5 aromatic rings. The Labute approximate surface area is 334 Å². The molecule has 0 radical (unpaired) electrons. The number of nitrogens with one attached hydrogen (secondary N) is 4. The van der Waals surface area contributed by atoms with Gasteiger partial charge in [-0.05, 0) is 79.3 Å². The highest BCUT2D eigenvalue weighted by atomic mass is 16.2. The van der Waals surface area contributed by atoms with Gasteiger partial charge in [0.1, 0.15) is 6.04 Å². The fourth-order valence-corrected chi connectivity index (χ4v) is 8.42. The molecule has 16 heteroatoms. The number of rotatable bonds is 10. The molecule has 2 aromatic heterocycles. The Morgan fingerprint density at radius 3 is 2.47 bits per heavy atom. The van der Waals surface area contributed by atoms with E-state index in [1.165, 1.54) is 23.3 Å². The van der Waals surface area contributed by atoms with Crippen LogP contribution in [0.3, 0.4) is 0 Å². The van der Waals surface area contributed by atoms with E-state index in [2.05, 4.69) is 75.3 Å². The number of aromatic nitrogens is 4. The van der Waals surface area contributed by atoms with E-state index in [-0.39, 0.29) is 36.4 Å². The number of fused-ring (bicyclic) bond motifs is 3. The molecule has 2 saturated heterocycles. The monoisotopic (exact) mass is 781 g/mol. The third-order valence-corrected chi connectivity index (χ3v) is 11.6. The Morgan fingerprint density at radius 1 is 0.897 bits per heavy atom. The molecule has 9 rings (SSSR count). The average molecular weight is 782 g/mol. The van der Waals surface area contributed by atoms with E-state index in [1.54, 1.807) is 16.9 Å². The molecule has 0 bridgehead atoms. The zero-order valence-electron chi connectivity index (χ0n) is 32.5. The number of nitrogens with zero attached hydrogens (tertiary/aromatic N) is 7. The minimum atomic E-state index is -1.03. The van der Waals surface area contributed by atoms with Gasteiger partial charge in [0.25, 0.3) is 11.8 Å². The molecule has 0 saturated carbocycles. The first-order chi connectivity index (χ1) is 28.0. The quantitative estimate of drug-likeness (QED) is 0.151. The number of anilines is 5. The van der Waals surface area contributed by atoms with E-state index < -0.39 is 29.7 Å². The standard InChI is InChI=1S/C42H43N11O5/c1-23-5-4-6-24(2)36(23)47-37-32-17-44-42(48-38(32)50(3)49-37)45-29-8-7-26-13-14-51(22-27(26)15-29)19-25-20-52(21-25)35(55)18-43-28-9-10-30-31(16-28)41(58)53(40(30)57)33-11-12-34(54)46-39(33)56/h4-10,15-17,25,33,43H,11-14,18-22H2,1-3H3,(H,47,49)(H,44,45,48)(H,46,54,56). The first kappa shape index (κ1) is 36.9. The smallest absolute Gasteiger partial charge is 0.262 e. The molecular formula is C42H43N11O5. The zero-order valence-corrected chi connectivity index (χ0v) is 32.5. The van der Waals surface area contributed by atoms with Crippen LogP contribution in [0.25, 0.3) is 11.0 Å². The fourth-order valence-electron chi connectivity index (χ4n) is 8.42. The molecule has 0 aliphatic carbocycles. The van der Waals surface area contributed by atoms with E-state index >= 15 is 0 Å². The van der Waals surface area contributed by atoms with Crippen molar-refractivity contribution >= 4 is 69.4 Å².